The summed E-state index contributed by atoms with van der Waals surface area (Å²) in [5.74, 6) is 0. The lowest BCUT2D eigenvalue weighted by Crippen LogP contribution is -2.38. The predicted octanol–water partition coefficient (Wildman–Crippen LogP) is 9.26. The zero-order valence-electron chi connectivity index (χ0n) is 36.7. The summed E-state index contributed by atoms with van der Waals surface area (Å²) in [5.41, 5.74) is 0. The Kier molecular flexibility index (Phi) is 15.0. The lowest BCUT2D eigenvalue weighted by atomic mass is 10.1. The van der Waals surface area contributed by atoms with Crippen molar-refractivity contribution >= 4 is 88.0 Å². The van der Waals surface area contributed by atoms with Crippen LogP contribution in [0.4, 0.5) is 0 Å². The van der Waals surface area contributed by atoms with E-state index < -0.39 is 44.6 Å². The molecule has 0 aliphatic heterocycles. The van der Waals surface area contributed by atoms with Crippen molar-refractivity contribution in [1.82, 2.24) is 0 Å². The van der Waals surface area contributed by atoms with E-state index in [-0.39, 0.29) is 0 Å². The first-order chi connectivity index (χ1) is 33.0. The van der Waals surface area contributed by atoms with Crippen molar-refractivity contribution in [3.05, 3.63) is 279 Å². The predicted molar refractivity (Wildman–Crippen MR) is 282 cm³/mol. The zero-order chi connectivity index (χ0) is 47.5. The van der Waals surface area contributed by atoms with Crippen molar-refractivity contribution in [2.24, 2.45) is 0 Å². The third-order valence-electron chi connectivity index (χ3n) is 11.5. The van der Waals surface area contributed by atoms with E-state index in [0.717, 1.165) is 24.3 Å². The lowest BCUT2D eigenvalue weighted by molar-refractivity contribution is 0.460. The van der Waals surface area contributed by atoms with Crippen molar-refractivity contribution in [3.8, 4) is 0 Å². The van der Waals surface area contributed by atoms with Gasteiger partial charge in [0.1, 0.15) is 77.2 Å². The van der Waals surface area contributed by atoms with Crippen molar-refractivity contribution in [3.63, 3.8) is 0 Å². The fourth-order valence-corrected chi connectivity index (χ4v) is 18.1. The standard InChI is InChI=1S/2C24H20P.C10H8O6S2/c2*1-5-13-21(14-6-1)25(22-15-7-2-8-16-22,23-17-9-3-10-18-23)24-19-11-4-12-20-24;11-17(12,13)9-3-1-7-5-10(18(14,15)16)4-2-8(7)6-9/h2*1-20H;1-6H,(H,11,12,13)(H,14,15,16)/q2*+1;/p-2. The van der Waals surface area contributed by atoms with Gasteiger partial charge in [-0.15, -0.1) is 0 Å². The molecule has 68 heavy (non-hydrogen) atoms. The Morgan fingerprint density at radius 3 is 0.544 bits per heavy atom. The van der Waals surface area contributed by atoms with Gasteiger partial charge in [0.2, 0.25) is 0 Å². The van der Waals surface area contributed by atoms with Crippen LogP contribution in [0.2, 0.25) is 0 Å². The molecule has 0 unspecified atom stereocenters. The van der Waals surface area contributed by atoms with E-state index >= 15 is 0 Å². The molecule has 0 aliphatic rings. The van der Waals surface area contributed by atoms with Gasteiger partial charge < -0.3 is 9.11 Å². The first-order valence-corrected chi connectivity index (χ1v) is 28.1. The van der Waals surface area contributed by atoms with Gasteiger partial charge in [0.05, 0.1) is 9.79 Å². The molecule has 0 aromatic heterocycles. The highest BCUT2D eigenvalue weighted by atomic mass is 32.2. The SMILES string of the molecule is O=S(=O)([O-])c1ccc2cc(S(=O)(=O)[O-])ccc2c1.c1ccc([P+](c2ccccc2)(c2ccccc2)c2ccccc2)cc1.c1ccc([P+](c2ccccc2)(c2ccccc2)c2ccccc2)cc1. The largest absolute Gasteiger partial charge is 0.744 e. The summed E-state index contributed by atoms with van der Waals surface area (Å²) in [5, 5.41) is 11.8. The van der Waals surface area contributed by atoms with Gasteiger partial charge in [-0.05, 0) is 132 Å². The Hall–Kier alpha value is -6.86. The Balaban J connectivity index is 0.000000140. The van der Waals surface area contributed by atoms with Crippen LogP contribution in [0.15, 0.2) is 289 Å². The second-order valence-corrected chi connectivity index (χ2v) is 25.2. The van der Waals surface area contributed by atoms with E-state index in [2.05, 4.69) is 243 Å². The van der Waals surface area contributed by atoms with Gasteiger partial charge in [0.15, 0.2) is 0 Å². The highest BCUT2D eigenvalue weighted by Gasteiger charge is 2.48. The summed E-state index contributed by atoms with van der Waals surface area (Å²) in [7, 11) is -12.9. The molecule has 0 saturated heterocycles. The maximum absolute atomic E-state index is 10.8. The highest BCUT2D eigenvalue weighted by molar-refractivity contribution is 8.02. The van der Waals surface area contributed by atoms with E-state index in [9.17, 15) is 25.9 Å². The second kappa shape index (κ2) is 21.4. The van der Waals surface area contributed by atoms with Crippen LogP contribution in [0.3, 0.4) is 0 Å². The number of hydrogen-bond acceptors (Lipinski definition) is 6. The summed E-state index contributed by atoms with van der Waals surface area (Å²) in [6.45, 7) is 0. The Labute approximate surface area is 400 Å². The molecule has 10 aromatic carbocycles. The molecule has 0 saturated carbocycles. The number of hydrogen-bond donors (Lipinski definition) is 0. The highest BCUT2D eigenvalue weighted by Crippen LogP contribution is 2.55. The van der Waals surface area contributed by atoms with Crippen molar-refractivity contribution in [1.29, 1.82) is 0 Å². The van der Waals surface area contributed by atoms with E-state index in [1.807, 2.05) is 0 Å². The second-order valence-electron chi connectivity index (χ2n) is 15.6. The van der Waals surface area contributed by atoms with Gasteiger partial charge in [0.25, 0.3) is 0 Å². The average Bonchev–Trinajstić information content (AvgIpc) is 3.39. The van der Waals surface area contributed by atoms with Crippen LogP contribution >= 0.6 is 14.5 Å². The van der Waals surface area contributed by atoms with Gasteiger partial charge in [-0.25, -0.2) is 16.8 Å². The van der Waals surface area contributed by atoms with Crippen LogP contribution in [0.5, 0.6) is 0 Å². The van der Waals surface area contributed by atoms with E-state index in [1.165, 1.54) is 54.6 Å². The number of benzene rings is 10. The van der Waals surface area contributed by atoms with Crippen LogP contribution in [0.25, 0.3) is 10.8 Å². The summed E-state index contributed by atoms with van der Waals surface area (Å²) in [6.07, 6.45) is 0. The minimum absolute atomic E-state index is 0.360. The van der Waals surface area contributed by atoms with Gasteiger partial charge >= 0.3 is 0 Å². The molecule has 0 fully saturated rings. The van der Waals surface area contributed by atoms with Crippen LogP contribution in [-0.4, -0.2) is 25.9 Å². The van der Waals surface area contributed by atoms with Crippen molar-refractivity contribution in [2.45, 2.75) is 9.79 Å². The molecule has 6 nitrogen and oxygen atoms in total. The molecule has 10 heteroatoms. The van der Waals surface area contributed by atoms with Gasteiger partial charge in [-0.2, -0.15) is 0 Å². The normalized spacial score (nSPS) is 11.6. The zero-order valence-corrected chi connectivity index (χ0v) is 40.1. The van der Waals surface area contributed by atoms with E-state index in [0.29, 0.717) is 10.8 Å². The number of fused-ring (bicyclic) bond motifs is 1. The first kappa shape index (κ1) is 47.6. The van der Waals surface area contributed by atoms with Gasteiger partial charge in [-0.3, -0.25) is 0 Å². The van der Waals surface area contributed by atoms with E-state index in [1.54, 1.807) is 0 Å². The Morgan fingerprint density at radius 2 is 0.397 bits per heavy atom. The van der Waals surface area contributed by atoms with Crippen molar-refractivity contribution < 1.29 is 25.9 Å². The Morgan fingerprint density at radius 1 is 0.235 bits per heavy atom. The first-order valence-electron chi connectivity index (χ1n) is 21.7. The van der Waals surface area contributed by atoms with Crippen LogP contribution in [-0.2, 0) is 20.2 Å². The maximum Gasteiger partial charge on any atom is 0.144 e. The molecule has 0 heterocycles. The fourth-order valence-electron chi connectivity index (χ4n) is 8.51. The van der Waals surface area contributed by atoms with Gasteiger partial charge in [0, 0.05) is 0 Å². The maximum atomic E-state index is 10.8. The molecule has 336 valence electrons. The molecule has 0 radical (unpaired) electrons. The summed E-state index contributed by atoms with van der Waals surface area (Å²) < 4.78 is 64.8. The third-order valence-corrected chi connectivity index (χ3v) is 21.8. The molecule has 0 aliphatic carbocycles. The minimum Gasteiger partial charge on any atom is -0.744 e. The molecule has 0 spiro atoms. The van der Waals surface area contributed by atoms with Crippen molar-refractivity contribution in [2.75, 3.05) is 0 Å². The molecule has 0 N–H and O–H groups in total. The summed E-state index contributed by atoms with van der Waals surface area (Å²) in [6, 6.07) is 94.6. The molecule has 0 atom stereocenters. The minimum atomic E-state index is -4.56. The lowest BCUT2D eigenvalue weighted by Gasteiger charge is -2.27. The number of rotatable bonds is 10. The smallest absolute Gasteiger partial charge is 0.144 e. The van der Waals surface area contributed by atoms with Crippen LogP contribution < -0.4 is 42.4 Å². The average molecular weight is 965 g/mol. The molecule has 10 rings (SSSR count). The monoisotopic (exact) mass is 964 g/mol. The molecule has 10 aromatic rings. The molecular weight excluding hydrogens is 919 g/mol. The van der Waals surface area contributed by atoms with E-state index in [4.69, 9.17) is 0 Å². The Bertz CT molecular complexity index is 2850. The topological polar surface area (TPSA) is 114 Å². The molecular formula is C58H46O6P2S2. The molecule has 0 bridgehead atoms. The van der Waals surface area contributed by atoms with Gasteiger partial charge in [-0.1, -0.05) is 158 Å². The molecule has 0 amide bonds. The van der Waals surface area contributed by atoms with Crippen LogP contribution in [0, 0.1) is 0 Å². The van der Waals surface area contributed by atoms with Crippen LogP contribution in [0.1, 0.15) is 0 Å². The third kappa shape index (κ3) is 10.3. The summed E-state index contributed by atoms with van der Waals surface area (Å²) >= 11 is 0. The fraction of sp³-hybridized carbons (Fsp3) is 0. The quantitative estimate of drug-likeness (QED) is 0.0998. The summed E-state index contributed by atoms with van der Waals surface area (Å²) in [4.78, 5) is -0.819.